The Kier molecular flexibility index (Phi) is 4.99. The summed E-state index contributed by atoms with van der Waals surface area (Å²) in [6.07, 6.45) is 0. The van der Waals surface area contributed by atoms with E-state index in [-0.39, 0.29) is 11.7 Å². The minimum Gasteiger partial charge on any atom is -0.378 e. The van der Waals surface area contributed by atoms with Crippen molar-refractivity contribution >= 4 is 23.5 Å². The van der Waals surface area contributed by atoms with Crippen LogP contribution in [0, 0.1) is 0 Å². The van der Waals surface area contributed by atoms with Gasteiger partial charge in [0.2, 0.25) is 5.91 Å². The molecular weight excluding hydrogens is 262 g/mol. The van der Waals surface area contributed by atoms with Crippen molar-refractivity contribution in [2.24, 2.45) is 0 Å². The van der Waals surface area contributed by atoms with E-state index in [4.69, 9.17) is 4.74 Å². The zero-order chi connectivity index (χ0) is 13.7. The third-order valence-corrected chi connectivity index (χ3v) is 3.95. The van der Waals surface area contributed by atoms with E-state index >= 15 is 0 Å². The van der Waals surface area contributed by atoms with Crippen molar-refractivity contribution in [3.05, 3.63) is 29.8 Å². The molecule has 1 saturated heterocycles. The maximum Gasteiger partial charge on any atom is 0.233 e. The monoisotopic (exact) mass is 279 g/mol. The van der Waals surface area contributed by atoms with Crippen molar-refractivity contribution in [1.29, 1.82) is 0 Å². The number of thioether (sulfide) groups is 1. The number of Topliss-reactive ketones (excluding diaryl/α,β-unsaturated/α-hetero) is 1. The second-order valence-electron chi connectivity index (χ2n) is 4.37. The highest BCUT2D eigenvalue weighted by Crippen LogP contribution is 2.20. The SMILES string of the molecule is CC(=O)c1cccc(SCC(=O)N2CCOCC2)c1. The van der Waals surface area contributed by atoms with E-state index < -0.39 is 0 Å². The van der Waals surface area contributed by atoms with E-state index in [1.807, 2.05) is 23.1 Å². The Balaban J connectivity index is 1.89. The Morgan fingerprint density at radius 2 is 2.05 bits per heavy atom. The van der Waals surface area contributed by atoms with Gasteiger partial charge in [-0.15, -0.1) is 11.8 Å². The standard InChI is InChI=1S/C14H17NO3S/c1-11(16)12-3-2-4-13(9-12)19-10-14(17)15-5-7-18-8-6-15/h2-4,9H,5-8,10H2,1H3. The Morgan fingerprint density at radius 3 is 2.74 bits per heavy atom. The molecule has 2 rings (SSSR count). The molecule has 0 N–H and O–H groups in total. The summed E-state index contributed by atoms with van der Waals surface area (Å²) < 4.78 is 5.22. The summed E-state index contributed by atoms with van der Waals surface area (Å²) in [7, 11) is 0. The van der Waals surface area contributed by atoms with Crippen molar-refractivity contribution in [3.63, 3.8) is 0 Å². The molecule has 102 valence electrons. The van der Waals surface area contributed by atoms with Crippen LogP contribution in [0.4, 0.5) is 0 Å². The molecule has 0 aliphatic carbocycles. The molecule has 1 fully saturated rings. The van der Waals surface area contributed by atoms with Gasteiger partial charge in [0.25, 0.3) is 0 Å². The summed E-state index contributed by atoms with van der Waals surface area (Å²) in [6, 6.07) is 7.39. The third-order valence-electron chi connectivity index (χ3n) is 2.97. The zero-order valence-electron chi connectivity index (χ0n) is 10.9. The van der Waals surface area contributed by atoms with Gasteiger partial charge in [-0.3, -0.25) is 9.59 Å². The Bertz CT molecular complexity index is 470. The predicted molar refractivity (Wildman–Crippen MR) is 74.6 cm³/mol. The number of benzene rings is 1. The summed E-state index contributed by atoms with van der Waals surface area (Å²) in [4.78, 5) is 26.0. The molecule has 1 amide bonds. The number of hydrogen-bond acceptors (Lipinski definition) is 4. The normalized spacial score (nSPS) is 15.3. The van der Waals surface area contributed by atoms with Gasteiger partial charge in [-0.2, -0.15) is 0 Å². The van der Waals surface area contributed by atoms with Crippen molar-refractivity contribution in [3.8, 4) is 0 Å². The van der Waals surface area contributed by atoms with Crippen molar-refractivity contribution in [2.45, 2.75) is 11.8 Å². The average molecular weight is 279 g/mol. The highest BCUT2D eigenvalue weighted by atomic mass is 32.2. The van der Waals surface area contributed by atoms with Crippen LogP contribution in [0.2, 0.25) is 0 Å². The predicted octanol–water partition coefficient (Wildman–Crippen LogP) is 1.84. The summed E-state index contributed by atoms with van der Waals surface area (Å²) in [6.45, 7) is 4.13. The Morgan fingerprint density at radius 1 is 1.32 bits per heavy atom. The first-order valence-corrected chi connectivity index (χ1v) is 7.24. The van der Waals surface area contributed by atoms with Crippen molar-refractivity contribution < 1.29 is 14.3 Å². The lowest BCUT2D eigenvalue weighted by molar-refractivity contribution is -0.132. The number of ether oxygens (including phenoxy) is 1. The summed E-state index contributed by atoms with van der Waals surface area (Å²) >= 11 is 1.47. The van der Waals surface area contributed by atoms with E-state index in [2.05, 4.69) is 0 Å². The molecule has 4 nitrogen and oxygen atoms in total. The summed E-state index contributed by atoms with van der Waals surface area (Å²) in [5, 5.41) is 0. The van der Waals surface area contributed by atoms with Crippen LogP contribution in [0.3, 0.4) is 0 Å². The van der Waals surface area contributed by atoms with E-state index in [0.29, 0.717) is 37.6 Å². The molecule has 1 heterocycles. The van der Waals surface area contributed by atoms with Crippen molar-refractivity contribution in [1.82, 2.24) is 4.90 Å². The largest absolute Gasteiger partial charge is 0.378 e. The van der Waals surface area contributed by atoms with Crippen molar-refractivity contribution in [2.75, 3.05) is 32.1 Å². The van der Waals surface area contributed by atoms with Crippen LogP contribution in [0.5, 0.6) is 0 Å². The molecule has 1 aliphatic heterocycles. The summed E-state index contributed by atoms with van der Waals surface area (Å²) in [5.41, 5.74) is 0.684. The lowest BCUT2D eigenvalue weighted by Crippen LogP contribution is -2.41. The molecule has 0 radical (unpaired) electrons. The van der Waals surface area contributed by atoms with Gasteiger partial charge in [-0.1, -0.05) is 12.1 Å². The van der Waals surface area contributed by atoms with Gasteiger partial charge in [0.1, 0.15) is 0 Å². The molecule has 0 bridgehead atoms. The number of carbonyl (C=O) groups is 2. The van der Waals surface area contributed by atoms with Gasteiger partial charge < -0.3 is 9.64 Å². The molecule has 1 aliphatic rings. The molecule has 0 saturated carbocycles. The van der Waals surface area contributed by atoms with E-state index in [0.717, 1.165) is 4.90 Å². The van der Waals surface area contributed by atoms with Crippen LogP contribution < -0.4 is 0 Å². The maximum absolute atomic E-state index is 12.0. The van der Waals surface area contributed by atoms with Crippen LogP contribution in [-0.2, 0) is 9.53 Å². The fourth-order valence-electron chi connectivity index (χ4n) is 1.85. The smallest absolute Gasteiger partial charge is 0.233 e. The second kappa shape index (κ2) is 6.73. The zero-order valence-corrected chi connectivity index (χ0v) is 11.7. The molecule has 5 heteroatoms. The summed E-state index contributed by atoms with van der Waals surface area (Å²) in [5.74, 6) is 0.574. The van der Waals surface area contributed by atoms with Crippen LogP contribution in [-0.4, -0.2) is 48.6 Å². The molecular formula is C14H17NO3S. The van der Waals surface area contributed by atoms with Gasteiger partial charge in [-0.05, 0) is 19.1 Å². The van der Waals surface area contributed by atoms with Crippen LogP contribution in [0.15, 0.2) is 29.2 Å². The topological polar surface area (TPSA) is 46.6 Å². The number of hydrogen-bond donors (Lipinski definition) is 0. The number of ketones is 1. The maximum atomic E-state index is 12.0. The number of rotatable bonds is 4. The number of nitrogens with zero attached hydrogens (tertiary/aromatic N) is 1. The fraction of sp³-hybridized carbons (Fsp3) is 0.429. The van der Waals surface area contributed by atoms with Gasteiger partial charge >= 0.3 is 0 Å². The lowest BCUT2D eigenvalue weighted by Gasteiger charge is -2.26. The van der Waals surface area contributed by atoms with Gasteiger partial charge in [-0.25, -0.2) is 0 Å². The second-order valence-corrected chi connectivity index (χ2v) is 5.41. The van der Waals surface area contributed by atoms with Gasteiger partial charge in [0.15, 0.2) is 5.78 Å². The third kappa shape index (κ3) is 4.08. The Hall–Kier alpha value is -1.33. The average Bonchev–Trinajstić information content (AvgIpc) is 2.46. The highest BCUT2D eigenvalue weighted by Gasteiger charge is 2.16. The first kappa shape index (κ1) is 14.1. The van der Waals surface area contributed by atoms with E-state index in [9.17, 15) is 9.59 Å². The fourth-order valence-corrected chi connectivity index (χ4v) is 2.71. The highest BCUT2D eigenvalue weighted by molar-refractivity contribution is 8.00. The molecule has 1 aromatic carbocycles. The van der Waals surface area contributed by atoms with Crippen LogP contribution in [0.1, 0.15) is 17.3 Å². The first-order valence-electron chi connectivity index (χ1n) is 6.26. The molecule has 0 unspecified atom stereocenters. The molecule has 0 spiro atoms. The van der Waals surface area contributed by atoms with Crippen LogP contribution >= 0.6 is 11.8 Å². The molecule has 19 heavy (non-hydrogen) atoms. The molecule has 0 aromatic heterocycles. The van der Waals surface area contributed by atoms with E-state index in [1.165, 1.54) is 11.8 Å². The molecule has 1 aromatic rings. The Labute approximate surface area is 117 Å². The number of carbonyl (C=O) groups excluding carboxylic acids is 2. The van der Waals surface area contributed by atoms with Gasteiger partial charge in [0.05, 0.1) is 19.0 Å². The number of morpholine rings is 1. The van der Waals surface area contributed by atoms with Gasteiger partial charge in [0, 0.05) is 23.5 Å². The number of amides is 1. The molecule has 0 atom stereocenters. The lowest BCUT2D eigenvalue weighted by atomic mass is 10.2. The first-order chi connectivity index (χ1) is 9.16. The minimum absolute atomic E-state index is 0.0435. The van der Waals surface area contributed by atoms with Crippen LogP contribution in [0.25, 0.3) is 0 Å². The minimum atomic E-state index is 0.0435. The quantitative estimate of drug-likeness (QED) is 0.623. The van der Waals surface area contributed by atoms with E-state index in [1.54, 1.807) is 13.0 Å².